The first-order valence-corrected chi connectivity index (χ1v) is 17.6. The van der Waals surface area contributed by atoms with Gasteiger partial charge in [0.2, 0.25) is 6.71 Å². The molecular formula is C45H43B2NO. The van der Waals surface area contributed by atoms with Crippen LogP contribution >= 0.6 is 0 Å². The number of rotatable bonds is 3. The monoisotopic (exact) mass is 635 g/mol. The summed E-state index contributed by atoms with van der Waals surface area (Å²) < 4.78 is 6.97. The van der Waals surface area contributed by atoms with Crippen molar-refractivity contribution in [3.63, 3.8) is 0 Å². The highest BCUT2D eigenvalue weighted by molar-refractivity contribution is 7.00. The van der Waals surface area contributed by atoms with E-state index in [1.54, 1.807) is 0 Å². The van der Waals surface area contributed by atoms with Gasteiger partial charge in [-0.05, 0) is 121 Å². The van der Waals surface area contributed by atoms with Crippen LogP contribution in [0.1, 0.15) is 50.1 Å². The molecule has 0 aromatic heterocycles. The third-order valence-electron chi connectivity index (χ3n) is 10.8. The van der Waals surface area contributed by atoms with Gasteiger partial charge in [0, 0.05) is 17.1 Å². The van der Waals surface area contributed by atoms with Crippen molar-refractivity contribution in [3.05, 3.63) is 147 Å². The second kappa shape index (κ2) is 11.6. The number of nitrogens with zero attached hydrogens (tertiary/aromatic N) is 1. The molecule has 0 N–H and O–H groups in total. The van der Waals surface area contributed by atoms with Crippen LogP contribution in [0, 0.1) is 62.3 Å². The Morgan fingerprint density at radius 2 is 0.857 bits per heavy atom. The summed E-state index contributed by atoms with van der Waals surface area (Å²) in [4.78, 5) is 2.50. The van der Waals surface area contributed by atoms with Crippen molar-refractivity contribution in [1.82, 2.24) is 0 Å². The molecule has 240 valence electrons. The molecule has 0 radical (unpaired) electrons. The molecule has 0 bridgehead atoms. The Balaban J connectivity index is 1.48. The van der Waals surface area contributed by atoms with Gasteiger partial charge in [-0.2, -0.15) is 0 Å². The summed E-state index contributed by atoms with van der Waals surface area (Å²) >= 11 is 0. The van der Waals surface area contributed by atoms with Crippen molar-refractivity contribution < 1.29 is 4.74 Å². The van der Waals surface area contributed by atoms with Crippen LogP contribution in [0.2, 0.25) is 0 Å². The fraction of sp³-hybridized carbons (Fsp3) is 0.200. The molecule has 6 aromatic rings. The van der Waals surface area contributed by atoms with E-state index < -0.39 is 0 Å². The first-order chi connectivity index (χ1) is 23.5. The lowest BCUT2D eigenvalue weighted by Crippen LogP contribution is -2.61. The van der Waals surface area contributed by atoms with E-state index in [0.717, 1.165) is 11.5 Å². The lowest BCUT2D eigenvalue weighted by atomic mass is 9.32. The summed E-state index contributed by atoms with van der Waals surface area (Å²) in [6, 6.07) is 36.9. The van der Waals surface area contributed by atoms with Gasteiger partial charge in [-0.25, -0.2) is 0 Å². The predicted octanol–water partition coefficient (Wildman–Crippen LogP) is 7.38. The van der Waals surface area contributed by atoms with Gasteiger partial charge in [0.25, 0.3) is 6.71 Å². The Hall–Kier alpha value is -4.95. The smallest absolute Gasteiger partial charge is 0.251 e. The second-order valence-corrected chi connectivity index (χ2v) is 14.8. The molecule has 8 rings (SSSR count). The Morgan fingerprint density at radius 1 is 0.388 bits per heavy atom. The highest BCUT2D eigenvalue weighted by Gasteiger charge is 2.41. The molecule has 0 aliphatic carbocycles. The second-order valence-electron chi connectivity index (χ2n) is 14.8. The van der Waals surface area contributed by atoms with Gasteiger partial charge >= 0.3 is 0 Å². The Bertz CT molecular complexity index is 2270. The summed E-state index contributed by atoms with van der Waals surface area (Å²) in [7, 11) is 0. The van der Waals surface area contributed by atoms with Gasteiger partial charge in [0.1, 0.15) is 11.5 Å². The van der Waals surface area contributed by atoms with Crippen LogP contribution in [0.25, 0.3) is 0 Å². The van der Waals surface area contributed by atoms with Crippen molar-refractivity contribution in [1.29, 1.82) is 0 Å². The van der Waals surface area contributed by atoms with Gasteiger partial charge in [-0.3, -0.25) is 0 Å². The van der Waals surface area contributed by atoms with E-state index in [2.05, 4.69) is 164 Å². The molecule has 2 heterocycles. The van der Waals surface area contributed by atoms with Crippen molar-refractivity contribution in [2.45, 2.75) is 62.3 Å². The largest absolute Gasteiger partial charge is 0.458 e. The lowest BCUT2D eigenvalue weighted by molar-refractivity contribution is 0.488. The highest BCUT2D eigenvalue weighted by Crippen LogP contribution is 2.38. The van der Waals surface area contributed by atoms with E-state index in [-0.39, 0.29) is 13.4 Å². The zero-order valence-electron chi connectivity index (χ0n) is 30.2. The summed E-state index contributed by atoms with van der Waals surface area (Å²) in [5, 5.41) is 0. The number of aryl methyl sites for hydroxylation is 9. The minimum Gasteiger partial charge on any atom is -0.458 e. The van der Waals surface area contributed by atoms with E-state index in [1.165, 1.54) is 99.9 Å². The minimum absolute atomic E-state index is 0.0464. The summed E-state index contributed by atoms with van der Waals surface area (Å²) in [6.45, 7) is 20.2. The van der Waals surface area contributed by atoms with Crippen LogP contribution in [0.3, 0.4) is 0 Å². The minimum atomic E-state index is 0.0464. The van der Waals surface area contributed by atoms with Crippen LogP contribution in [0.5, 0.6) is 11.5 Å². The predicted molar refractivity (Wildman–Crippen MR) is 212 cm³/mol. The molecule has 0 atom stereocenters. The third kappa shape index (κ3) is 5.12. The van der Waals surface area contributed by atoms with E-state index in [1.807, 2.05) is 0 Å². The lowest BCUT2D eigenvalue weighted by Gasteiger charge is -2.40. The summed E-state index contributed by atoms with van der Waals surface area (Å²) in [5.41, 5.74) is 23.1. The maximum atomic E-state index is 6.97. The summed E-state index contributed by atoms with van der Waals surface area (Å²) in [5.74, 6) is 1.90. The van der Waals surface area contributed by atoms with Gasteiger partial charge < -0.3 is 9.64 Å². The molecular weight excluding hydrogens is 592 g/mol. The molecule has 49 heavy (non-hydrogen) atoms. The van der Waals surface area contributed by atoms with E-state index >= 15 is 0 Å². The average Bonchev–Trinajstić information content (AvgIpc) is 3.03. The average molecular weight is 635 g/mol. The van der Waals surface area contributed by atoms with Gasteiger partial charge in [0.05, 0.1) is 0 Å². The molecule has 0 fully saturated rings. The molecule has 0 unspecified atom stereocenters. The fourth-order valence-electron chi connectivity index (χ4n) is 8.90. The zero-order chi connectivity index (χ0) is 34.3. The number of fused-ring (bicyclic) bond motifs is 4. The normalized spacial score (nSPS) is 13.0. The molecule has 0 spiro atoms. The van der Waals surface area contributed by atoms with Crippen molar-refractivity contribution in [3.8, 4) is 11.5 Å². The Labute approximate surface area is 293 Å². The van der Waals surface area contributed by atoms with Crippen LogP contribution in [-0.4, -0.2) is 13.4 Å². The highest BCUT2D eigenvalue weighted by atomic mass is 16.5. The SMILES string of the molecule is Cc1ccc(N2c3ccc(C)cc3B(c3c(C)cc(C)cc3C)c3cc4c(cc32)B(c2c(C)cc(C)cc2C)c2cc(C)ccc2O4)cc1. The van der Waals surface area contributed by atoms with Gasteiger partial charge in [-0.15, -0.1) is 0 Å². The van der Waals surface area contributed by atoms with Crippen LogP contribution in [0.4, 0.5) is 17.1 Å². The zero-order valence-corrected chi connectivity index (χ0v) is 30.2. The van der Waals surface area contributed by atoms with Crippen LogP contribution < -0.4 is 42.4 Å². The van der Waals surface area contributed by atoms with Crippen LogP contribution in [0.15, 0.2) is 97.1 Å². The molecule has 0 saturated heterocycles. The maximum absolute atomic E-state index is 6.97. The van der Waals surface area contributed by atoms with E-state index in [0.29, 0.717) is 0 Å². The topological polar surface area (TPSA) is 12.5 Å². The quantitative estimate of drug-likeness (QED) is 0.188. The van der Waals surface area contributed by atoms with E-state index in [9.17, 15) is 0 Å². The van der Waals surface area contributed by atoms with Crippen LogP contribution in [-0.2, 0) is 0 Å². The van der Waals surface area contributed by atoms with Gasteiger partial charge in [-0.1, -0.05) is 122 Å². The third-order valence-corrected chi connectivity index (χ3v) is 10.8. The molecule has 2 nitrogen and oxygen atoms in total. The first-order valence-electron chi connectivity index (χ1n) is 17.6. The molecule has 6 aromatic carbocycles. The number of benzene rings is 6. The number of hydrogen-bond acceptors (Lipinski definition) is 2. The van der Waals surface area contributed by atoms with Crippen molar-refractivity contribution in [2.24, 2.45) is 0 Å². The number of ether oxygens (including phenoxy) is 1. The fourth-order valence-corrected chi connectivity index (χ4v) is 8.90. The Morgan fingerprint density at radius 3 is 1.45 bits per heavy atom. The Kier molecular flexibility index (Phi) is 7.41. The van der Waals surface area contributed by atoms with Gasteiger partial charge in [0.15, 0.2) is 0 Å². The van der Waals surface area contributed by atoms with Crippen molar-refractivity contribution >= 4 is 63.3 Å². The first kappa shape index (κ1) is 31.3. The molecule has 4 heteroatoms. The maximum Gasteiger partial charge on any atom is 0.251 e. The van der Waals surface area contributed by atoms with Crippen molar-refractivity contribution in [2.75, 3.05) is 4.90 Å². The molecule has 2 aliphatic heterocycles. The number of anilines is 3. The summed E-state index contributed by atoms with van der Waals surface area (Å²) in [6.07, 6.45) is 0. The van der Waals surface area contributed by atoms with E-state index in [4.69, 9.17) is 4.74 Å². The standard InChI is InChI=1S/C45H43B2NO/c1-26-10-14-35(15-11-26)48-40-16-12-27(2)22-36(40)46(44-31(6)18-29(4)19-32(44)7)37-25-43-39(24-41(37)48)47(38-23-28(3)13-17-42(38)49-43)45-33(8)20-30(5)21-34(45)9/h10-25H,1-9H3. The molecule has 0 saturated carbocycles. The molecule has 2 aliphatic rings. The number of hydrogen-bond donors (Lipinski definition) is 0. The molecule has 0 amide bonds.